The van der Waals surface area contributed by atoms with E-state index < -0.39 is 0 Å². The summed E-state index contributed by atoms with van der Waals surface area (Å²) in [5.74, 6) is 1.64. The van der Waals surface area contributed by atoms with E-state index in [0.717, 1.165) is 44.6 Å². The summed E-state index contributed by atoms with van der Waals surface area (Å²) >= 11 is 0. The molecule has 1 aliphatic heterocycles. The van der Waals surface area contributed by atoms with Crippen LogP contribution in [0.3, 0.4) is 0 Å². The second-order valence-corrected chi connectivity index (χ2v) is 5.71. The molecule has 0 spiro atoms. The van der Waals surface area contributed by atoms with Gasteiger partial charge in [-0.2, -0.15) is 4.98 Å². The van der Waals surface area contributed by atoms with Crippen LogP contribution in [0.15, 0.2) is 4.52 Å². The molecular weight excluding hydrogens is 268 g/mol. The number of hydrogen-bond donors (Lipinski definition) is 1. The number of nitrogens with one attached hydrogen (secondary N) is 1. The average Bonchev–Trinajstić information content (AvgIpc) is 2.96. The second-order valence-electron chi connectivity index (χ2n) is 5.71. The summed E-state index contributed by atoms with van der Waals surface area (Å²) < 4.78 is 5.37. The highest BCUT2D eigenvalue weighted by molar-refractivity contribution is 5.75. The summed E-state index contributed by atoms with van der Waals surface area (Å²) in [6, 6.07) is 0.449. The van der Waals surface area contributed by atoms with Crippen molar-refractivity contribution >= 4 is 5.91 Å². The zero-order valence-electron chi connectivity index (χ0n) is 13.3. The highest BCUT2D eigenvalue weighted by Gasteiger charge is 2.27. The first-order valence-electron chi connectivity index (χ1n) is 7.99. The SMILES string of the molecule is CCCc1noc(C(C)N2CCC(NC(=O)CC)CC2)n1. The number of rotatable bonds is 6. The predicted octanol–water partition coefficient (Wildman–Crippen LogP) is 2.07. The maximum absolute atomic E-state index is 11.4. The Morgan fingerprint density at radius 2 is 2.14 bits per heavy atom. The van der Waals surface area contributed by atoms with Gasteiger partial charge in [0, 0.05) is 32.0 Å². The predicted molar refractivity (Wildman–Crippen MR) is 79.7 cm³/mol. The van der Waals surface area contributed by atoms with Gasteiger partial charge in [-0.1, -0.05) is 19.0 Å². The van der Waals surface area contributed by atoms with Gasteiger partial charge in [0.15, 0.2) is 5.82 Å². The third-order valence-electron chi connectivity index (χ3n) is 4.08. The number of piperidine rings is 1. The topological polar surface area (TPSA) is 71.3 Å². The Bertz CT molecular complexity index is 452. The van der Waals surface area contributed by atoms with E-state index >= 15 is 0 Å². The van der Waals surface area contributed by atoms with Crippen molar-refractivity contribution < 1.29 is 9.32 Å². The fraction of sp³-hybridized carbons (Fsp3) is 0.800. The number of likely N-dealkylation sites (tertiary alicyclic amines) is 1. The van der Waals surface area contributed by atoms with Gasteiger partial charge in [0.1, 0.15) is 0 Å². The lowest BCUT2D eigenvalue weighted by Gasteiger charge is -2.34. The van der Waals surface area contributed by atoms with Gasteiger partial charge in [-0.05, 0) is 26.2 Å². The Morgan fingerprint density at radius 3 is 2.76 bits per heavy atom. The third kappa shape index (κ3) is 4.27. The van der Waals surface area contributed by atoms with Crippen LogP contribution in [0.4, 0.5) is 0 Å². The Balaban J connectivity index is 1.84. The van der Waals surface area contributed by atoms with Crippen LogP contribution in [0.5, 0.6) is 0 Å². The van der Waals surface area contributed by atoms with Crippen molar-refractivity contribution in [2.45, 2.75) is 65.0 Å². The zero-order chi connectivity index (χ0) is 15.2. The van der Waals surface area contributed by atoms with E-state index in [2.05, 4.69) is 34.2 Å². The van der Waals surface area contributed by atoms with Crippen molar-refractivity contribution in [2.24, 2.45) is 0 Å². The minimum atomic E-state index is 0.141. The maximum Gasteiger partial charge on any atom is 0.243 e. The Hall–Kier alpha value is -1.43. The van der Waals surface area contributed by atoms with Crippen molar-refractivity contribution in [3.05, 3.63) is 11.7 Å². The molecule has 1 amide bonds. The minimum absolute atomic E-state index is 0.141. The van der Waals surface area contributed by atoms with Crippen LogP contribution < -0.4 is 5.32 Å². The van der Waals surface area contributed by atoms with Gasteiger partial charge in [0.2, 0.25) is 11.8 Å². The lowest BCUT2D eigenvalue weighted by Crippen LogP contribution is -2.45. The number of hydrogen-bond acceptors (Lipinski definition) is 5. The molecule has 1 fully saturated rings. The summed E-state index contributed by atoms with van der Waals surface area (Å²) in [7, 11) is 0. The van der Waals surface area contributed by atoms with E-state index in [1.807, 2.05) is 6.92 Å². The first-order chi connectivity index (χ1) is 10.1. The molecule has 1 atom stereocenters. The largest absolute Gasteiger partial charge is 0.353 e. The summed E-state index contributed by atoms with van der Waals surface area (Å²) in [6.07, 6.45) is 4.40. The van der Waals surface area contributed by atoms with Crippen molar-refractivity contribution in [2.75, 3.05) is 13.1 Å². The van der Waals surface area contributed by atoms with E-state index in [0.29, 0.717) is 18.4 Å². The van der Waals surface area contributed by atoms with Gasteiger partial charge in [0.25, 0.3) is 0 Å². The number of carbonyl (C=O) groups excluding carboxylic acids is 1. The second kappa shape index (κ2) is 7.54. The van der Waals surface area contributed by atoms with Gasteiger partial charge < -0.3 is 9.84 Å². The van der Waals surface area contributed by atoms with E-state index in [1.54, 1.807) is 0 Å². The van der Waals surface area contributed by atoms with Crippen LogP contribution in [0.25, 0.3) is 0 Å². The Labute approximate surface area is 126 Å². The summed E-state index contributed by atoms with van der Waals surface area (Å²) in [4.78, 5) is 18.2. The van der Waals surface area contributed by atoms with Crippen LogP contribution >= 0.6 is 0 Å². The van der Waals surface area contributed by atoms with Crippen LogP contribution in [0.1, 0.15) is 64.2 Å². The van der Waals surface area contributed by atoms with Crippen LogP contribution in [0, 0.1) is 0 Å². The van der Waals surface area contributed by atoms with Crippen molar-refractivity contribution in [1.82, 2.24) is 20.4 Å². The number of carbonyl (C=O) groups is 1. The Morgan fingerprint density at radius 1 is 1.43 bits per heavy atom. The number of aryl methyl sites for hydroxylation is 1. The third-order valence-corrected chi connectivity index (χ3v) is 4.08. The number of amides is 1. The monoisotopic (exact) mass is 294 g/mol. The van der Waals surface area contributed by atoms with E-state index in [4.69, 9.17) is 4.52 Å². The molecule has 6 heteroatoms. The zero-order valence-corrected chi connectivity index (χ0v) is 13.3. The van der Waals surface area contributed by atoms with E-state index in [-0.39, 0.29) is 11.9 Å². The first kappa shape index (κ1) is 15.9. The minimum Gasteiger partial charge on any atom is -0.353 e. The number of nitrogens with zero attached hydrogens (tertiary/aromatic N) is 3. The average molecular weight is 294 g/mol. The van der Waals surface area contributed by atoms with E-state index in [1.165, 1.54) is 0 Å². The molecule has 1 aliphatic rings. The van der Waals surface area contributed by atoms with E-state index in [9.17, 15) is 4.79 Å². The molecule has 1 unspecified atom stereocenters. The van der Waals surface area contributed by atoms with Gasteiger partial charge in [0.05, 0.1) is 6.04 Å². The molecule has 0 aromatic carbocycles. The molecule has 0 saturated carbocycles. The summed E-state index contributed by atoms with van der Waals surface area (Å²) in [5, 5.41) is 7.09. The van der Waals surface area contributed by atoms with Crippen LogP contribution in [-0.4, -0.2) is 40.1 Å². The lowest BCUT2D eigenvalue weighted by atomic mass is 10.0. The van der Waals surface area contributed by atoms with Crippen molar-refractivity contribution in [3.63, 3.8) is 0 Å². The highest BCUT2D eigenvalue weighted by Crippen LogP contribution is 2.23. The van der Waals surface area contributed by atoms with Crippen LogP contribution in [-0.2, 0) is 11.2 Å². The number of aromatic nitrogens is 2. The summed E-state index contributed by atoms with van der Waals surface area (Å²) in [5.41, 5.74) is 0. The maximum atomic E-state index is 11.4. The van der Waals surface area contributed by atoms with Crippen LogP contribution in [0.2, 0.25) is 0 Å². The molecule has 1 aromatic rings. The van der Waals surface area contributed by atoms with Gasteiger partial charge >= 0.3 is 0 Å². The highest BCUT2D eigenvalue weighted by atomic mass is 16.5. The molecule has 2 heterocycles. The van der Waals surface area contributed by atoms with Gasteiger partial charge in [-0.25, -0.2) is 0 Å². The lowest BCUT2D eigenvalue weighted by molar-refractivity contribution is -0.121. The fourth-order valence-electron chi connectivity index (χ4n) is 2.68. The molecule has 2 rings (SSSR count). The molecule has 1 N–H and O–H groups in total. The van der Waals surface area contributed by atoms with Crippen molar-refractivity contribution in [1.29, 1.82) is 0 Å². The smallest absolute Gasteiger partial charge is 0.243 e. The Kier molecular flexibility index (Phi) is 5.73. The normalized spacial score (nSPS) is 18.6. The van der Waals surface area contributed by atoms with Gasteiger partial charge in [-0.3, -0.25) is 9.69 Å². The molecule has 21 heavy (non-hydrogen) atoms. The summed E-state index contributed by atoms with van der Waals surface area (Å²) in [6.45, 7) is 7.99. The molecule has 118 valence electrons. The molecule has 6 nitrogen and oxygen atoms in total. The molecule has 0 bridgehead atoms. The molecular formula is C15H26N4O2. The van der Waals surface area contributed by atoms with Crippen molar-refractivity contribution in [3.8, 4) is 0 Å². The quantitative estimate of drug-likeness (QED) is 0.869. The van der Waals surface area contributed by atoms with Gasteiger partial charge in [-0.15, -0.1) is 0 Å². The molecule has 1 saturated heterocycles. The first-order valence-corrected chi connectivity index (χ1v) is 7.99. The fourth-order valence-corrected chi connectivity index (χ4v) is 2.68. The molecule has 0 radical (unpaired) electrons. The standard InChI is InChI=1S/C15H26N4O2/c1-4-6-13-17-15(21-18-13)11(3)19-9-7-12(8-10-19)16-14(20)5-2/h11-12H,4-10H2,1-3H3,(H,16,20). The molecule has 0 aliphatic carbocycles. The molecule has 1 aromatic heterocycles.